The normalized spacial score (nSPS) is 28.4. The molecule has 3 heteroatoms. The first kappa shape index (κ1) is 13.6. The number of nitrogens with zero attached hydrogens (tertiary/aromatic N) is 1. The highest BCUT2D eigenvalue weighted by molar-refractivity contribution is 5.94. The van der Waals surface area contributed by atoms with Crippen LogP contribution in [-0.2, 0) is 0 Å². The summed E-state index contributed by atoms with van der Waals surface area (Å²) >= 11 is 0. The molecule has 2 aliphatic heterocycles. The van der Waals surface area contributed by atoms with Crippen molar-refractivity contribution in [3.63, 3.8) is 0 Å². The molecule has 2 fully saturated rings. The summed E-state index contributed by atoms with van der Waals surface area (Å²) in [6, 6.07) is 11.4. The molecule has 2 heterocycles. The molecule has 2 unspecified atom stereocenters. The van der Waals surface area contributed by atoms with Gasteiger partial charge in [-0.2, -0.15) is 0 Å². The van der Waals surface area contributed by atoms with Crippen LogP contribution < -0.4 is 5.32 Å². The molecule has 1 aromatic rings. The van der Waals surface area contributed by atoms with Gasteiger partial charge in [-0.05, 0) is 44.2 Å². The molecule has 0 aliphatic carbocycles. The van der Waals surface area contributed by atoms with Gasteiger partial charge < -0.3 is 10.2 Å². The van der Waals surface area contributed by atoms with E-state index in [1.165, 1.54) is 12.8 Å². The molecular formula is C17H24N2O. The Balaban J connectivity index is 1.77. The average Bonchev–Trinajstić information content (AvgIpc) is 2.83. The first-order chi connectivity index (χ1) is 9.78. The molecule has 20 heavy (non-hydrogen) atoms. The number of nitrogens with one attached hydrogen (secondary N) is 1. The third-order valence-corrected chi connectivity index (χ3v) is 4.64. The molecule has 3 nitrogen and oxygen atoms in total. The number of fused-ring (bicyclic) bond motifs is 2. The number of carbonyl (C=O) groups is 1. The predicted octanol–water partition coefficient (Wildman–Crippen LogP) is 2.82. The molecule has 1 N–H and O–H groups in total. The Labute approximate surface area is 121 Å². The number of carbonyl (C=O) groups excluding carboxylic acids is 1. The standard InChI is InChI=1S/C17H24N2O/c1-2-10-19(17(20)13-6-4-3-5-7-13)16-11-14-8-9-15(12-16)18-14/h3-7,14-16,18H,2,8-12H2,1H3. The van der Waals surface area contributed by atoms with Gasteiger partial charge in [0.1, 0.15) is 0 Å². The molecule has 2 saturated heterocycles. The predicted molar refractivity (Wildman–Crippen MR) is 80.7 cm³/mol. The van der Waals surface area contributed by atoms with Crippen LogP contribution >= 0.6 is 0 Å². The second-order valence-electron chi connectivity index (χ2n) is 6.13. The minimum Gasteiger partial charge on any atom is -0.336 e. The average molecular weight is 272 g/mol. The zero-order chi connectivity index (χ0) is 13.9. The summed E-state index contributed by atoms with van der Waals surface area (Å²) in [5.41, 5.74) is 0.826. The van der Waals surface area contributed by atoms with Crippen molar-refractivity contribution in [2.45, 2.75) is 57.2 Å². The third kappa shape index (κ3) is 2.73. The molecule has 108 valence electrons. The maximum Gasteiger partial charge on any atom is 0.254 e. The minimum atomic E-state index is 0.207. The van der Waals surface area contributed by atoms with Crippen LogP contribution in [0, 0.1) is 0 Å². The van der Waals surface area contributed by atoms with Crippen molar-refractivity contribution in [1.82, 2.24) is 10.2 Å². The number of hydrogen-bond donors (Lipinski definition) is 1. The monoisotopic (exact) mass is 272 g/mol. The van der Waals surface area contributed by atoms with Crippen LogP contribution in [0.3, 0.4) is 0 Å². The highest BCUT2D eigenvalue weighted by Crippen LogP contribution is 2.30. The van der Waals surface area contributed by atoms with E-state index in [9.17, 15) is 4.79 Å². The van der Waals surface area contributed by atoms with Crippen molar-refractivity contribution in [3.8, 4) is 0 Å². The molecule has 0 radical (unpaired) electrons. The molecule has 0 saturated carbocycles. The Bertz CT molecular complexity index is 447. The van der Waals surface area contributed by atoms with E-state index in [0.717, 1.165) is 31.4 Å². The lowest BCUT2D eigenvalue weighted by atomic mass is 9.97. The first-order valence-electron chi connectivity index (χ1n) is 7.90. The number of benzene rings is 1. The number of hydrogen-bond acceptors (Lipinski definition) is 2. The molecule has 1 aromatic carbocycles. The fourth-order valence-electron chi connectivity index (χ4n) is 3.72. The van der Waals surface area contributed by atoms with Crippen LogP contribution in [0.4, 0.5) is 0 Å². The minimum absolute atomic E-state index is 0.207. The summed E-state index contributed by atoms with van der Waals surface area (Å²) in [5.74, 6) is 0.207. The van der Waals surface area contributed by atoms with Crippen LogP contribution in [0.1, 0.15) is 49.4 Å². The van der Waals surface area contributed by atoms with Gasteiger partial charge in [0.2, 0.25) is 0 Å². The molecular weight excluding hydrogens is 248 g/mol. The van der Waals surface area contributed by atoms with Gasteiger partial charge in [0.25, 0.3) is 5.91 Å². The second kappa shape index (κ2) is 5.96. The maximum absolute atomic E-state index is 12.8. The van der Waals surface area contributed by atoms with Crippen molar-refractivity contribution >= 4 is 5.91 Å². The molecule has 0 spiro atoms. The second-order valence-corrected chi connectivity index (χ2v) is 6.13. The summed E-state index contributed by atoms with van der Waals surface area (Å²) in [6.45, 7) is 3.03. The van der Waals surface area contributed by atoms with Crippen LogP contribution in [0.5, 0.6) is 0 Å². The first-order valence-corrected chi connectivity index (χ1v) is 7.90. The third-order valence-electron chi connectivity index (χ3n) is 4.64. The Morgan fingerprint density at radius 3 is 2.45 bits per heavy atom. The van der Waals surface area contributed by atoms with Gasteiger partial charge in [0, 0.05) is 30.2 Å². The smallest absolute Gasteiger partial charge is 0.254 e. The summed E-state index contributed by atoms with van der Waals surface area (Å²) in [7, 11) is 0. The summed E-state index contributed by atoms with van der Waals surface area (Å²) in [6.07, 6.45) is 5.82. The van der Waals surface area contributed by atoms with Crippen molar-refractivity contribution in [2.24, 2.45) is 0 Å². The maximum atomic E-state index is 12.8. The van der Waals surface area contributed by atoms with Crippen molar-refractivity contribution in [2.75, 3.05) is 6.54 Å². The van der Waals surface area contributed by atoms with E-state index >= 15 is 0 Å². The van der Waals surface area contributed by atoms with Crippen LogP contribution in [-0.4, -0.2) is 35.5 Å². The SMILES string of the molecule is CCCN(C(=O)c1ccccc1)C1CC2CCC(C1)N2. The van der Waals surface area contributed by atoms with E-state index < -0.39 is 0 Å². The van der Waals surface area contributed by atoms with Crippen LogP contribution in [0.2, 0.25) is 0 Å². The van der Waals surface area contributed by atoms with Gasteiger partial charge in [-0.25, -0.2) is 0 Å². The van der Waals surface area contributed by atoms with Gasteiger partial charge in [-0.3, -0.25) is 4.79 Å². The fourth-order valence-corrected chi connectivity index (χ4v) is 3.72. The van der Waals surface area contributed by atoms with Gasteiger partial charge in [-0.15, -0.1) is 0 Å². The largest absolute Gasteiger partial charge is 0.336 e. The van der Waals surface area contributed by atoms with Gasteiger partial charge >= 0.3 is 0 Å². The lowest BCUT2D eigenvalue weighted by molar-refractivity contribution is 0.0617. The van der Waals surface area contributed by atoms with Crippen molar-refractivity contribution < 1.29 is 4.79 Å². The lowest BCUT2D eigenvalue weighted by Gasteiger charge is -2.38. The lowest BCUT2D eigenvalue weighted by Crippen LogP contribution is -2.50. The van der Waals surface area contributed by atoms with Gasteiger partial charge in [0.15, 0.2) is 0 Å². The van der Waals surface area contributed by atoms with E-state index in [1.807, 2.05) is 30.3 Å². The zero-order valence-corrected chi connectivity index (χ0v) is 12.2. The fraction of sp³-hybridized carbons (Fsp3) is 0.588. The number of rotatable bonds is 4. The van der Waals surface area contributed by atoms with Crippen LogP contribution in [0.25, 0.3) is 0 Å². The summed E-state index contributed by atoms with van der Waals surface area (Å²) < 4.78 is 0. The molecule has 1 amide bonds. The highest BCUT2D eigenvalue weighted by Gasteiger charge is 2.37. The molecule has 2 atom stereocenters. The molecule has 2 aliphatic rings. The van der Waals surface area contributed by atoms with Crippen molar-refractivity contribution in [1.29, 1.82) is 0 Å². The Morgan fingerprint density at radius 2 is 1.85 bits per heavy atom. The molecule has 3 rings (SSSR count). The van der Waals surface area contributed by atoms with E-state index in [0.29, 0.717) is 18.1 Å². The molecule has 0 aromatic heterocycles. The highest BCUT2D eigenvalue weighted by atomic mass is 16.2. The number of piperidine rings is 1. The van der Waals surface area contributed by atoms with Crippen LogP contribution in [0.15, 0.2) is 30.3 Å². The molecule has 2 bridgehead atoms. The topological polar surface area (TPSA) is 32.3 Å². The Hall–Kier alpha value is -1.35. The number of amides is 1. The van der Waals surface area contributed by atoms with Crippen molar-refractivity contribution in [3.05, 3.63) is 35.9 Å². The van der Waals surface area contributed by atoms with E-state index in [2.05, 4.69) is 17.1 Å². The Morgan fingerprint density at radius 1 is 1.20 bits per heavy atom. The van der Waals surface area contributed by atoms with E-state index in [1.54, 1.807) is 0 Å². The summed E-state index contributed by atoms with van der Waals surface area (Å²) in [5, 5.41) is 3.66. The zero-order valence-electron chi connectivity index (χ0n) is 12.2. The quantitative estimate of drug-likeness (QED) is 0.914. The van der Waals surface area contributed by atoms with Gasteiger partial charge in [0.05, 0.1) is 0 Å². The summed E-state index contributed by atoms with van der Waals surface area (Å²) in [4.78, 5) is 14.9. The van der Waals surface area contributed by atoms with Gasteiger partial charge in [-0.1, -0.05) is 25.1 Å². The van der Waals surface area contributed by atoms with E-state index in [-0.39, 0.29) is 5.91 Å². The Kier molecular flexibility index (Phi) is 4.06. The van der Waals surface area contributed by atoms with E-state index in [4.69, 9.17) is 0 Å².